The summed E-state index contributed by atoms with van der Waals surface area (Å²) in [5, 5.41) is 14.7. The summed E-state index contributed by atoms with van der Waals surface area (Å²) in [4.78, 5) is 25.9. The molecular formula is C16H14N4O3. The Morgan fingerprint density at radius 3 is 2.74 bits per heavy atom. The number of carbonyl (C=O) groups excluding carboxylic acids is 1. The molecule has 0 aliphatic heterocycles. The third-order valence-electron chi connectivity index (χ3n) is 2.87. The van der Waals surface area contributed by atoms with Gasteiger partial charge in [-0.2, -0.15) is 5.10 Å². The number of hydrogen-bond acceptors (Lipinski definition) is 5. The van der Waals surface area contributed by atoms with Crippen molar-refractivity contribution < 1.29 is 9.72 Å². The highest BCUT2D eigenvalue weighted by Gasteiger charge is 2.04. The summed E-state index contributed by atoms with van der Waals surface area (Å²) in [5.74, 6) is -0.338. The molecule has 0 radical (unpaired) electrons. The van der Waals surface area contributed by atoms with Crippen molar-refractivity contribution in [2.45, 2.75) is 6.92 Å². The van der Waals surface area contributed by atoms with Crippen molar-refractivity contribution in [2.24, 2.45) is 5.10 Å². The number of nitrogens with one attached hydrogen (secondary N) is 1. The van der Waals surface area contributed by atoms with E-state index in [9.17, 15) is 14.9 Å². The SMILES string of the molecule is C/C(C=Cc1cccc([N+](=O)[O-])c1)=N\NC(=O)c1ccncc1. The first-order valence-electron chi connectivity index (χ1n) is 6.73. The maximum absolute atomic E-state index is 11.8. The molecule has 0 aliphatic rings. The van der Waals surface area contributed by atoms with Gasteiger partial charge in [0.2, 0.25) is 0 Å². The summed E-state index contributed by atoms with van der Waals surface area (Å²) in [6.07, 6.45) is 6.39. The molecule has 1 heterocycles. The Labute approximate surface area is 132 Å². The number of amides is 1. The third kappa shape index (κ3) is 4.85. The number of non-ortho nitro benzene ring substituents is 1. The molecule has 0 saturated heterocycles. The van der Waals surface area contributed by atoms with E-state index >= 15 is 0 Å². The quantitative estimate of drug-likeness (QED) is 0.521. The van der Waals surface area contributed by atoms with Crippen LogP contribution in [0.2, 0.25) is 0 Å². The highest BCUT2D eigenvalue weighted by molar-refractivity contribution is 5.99. The minimum Gasteiger partial charge on any atom is -0.267 e. The van der Waals surface area contributed by atoms with Gasteiger partial charge in [0.15, 0.2) is 0 Å². The summed E-state index contributed by atoms with van der Waals surface area (Å²) in [5.41, 5.74) is 4.13. The maximum atomic E-state index is 11.8. The highest BCUT2D eigenvalue weighted by atomic mass is 16.6. The van der Waals surface area contributed by atoms with Crippen LogP contribution in [-0.2, 0) is 0 Å². The second-order valence-corrected chi connectivity index (χ2v) is 4.62. The van der Waals surface area contributed by atoms with Crippen LogP contribution in [0.15, 0.2) is 60.0 Å². The van der Waals surface area contributed by atoms with Crippen LogP contribution in [0, 0.1) is 10.1 Å². The molecule has 1 amide bonds. The lowest BCUT2D eigenvalue weighted by Gasteiger charge is -1.99. The average Bonchev–Trinajstić information content (AvgIpc) is 2.58. The zero-order chi connectivity index (χ0) is 16.7. The van der Waals surface area contributed by atoms with Crippen molar-refractivity contribution in [3.8, 4) is 0 Å². The standard InChI is InChI=1S/C16H14N4O3/c1-12(18-19-16(21)14-7-9-17-10-8-14)5-6-13-3-2-4-15(11-13)20(22)23/h2-11H,1H3,(H,19,21)/b6-5?,18-12+. The van der Waals surface area contributed by atoms with Gasteiger partial charge in [-0.3, -0.25) is 19.9 Å². The summed E-state index contributed by atoms with van der Waals surface area (Å²) < 4.78 is 0. The van der Waals surface area contributed by atoms with E-state index in [1.54, 1.807) is 43.3 Å². The molecule has 0 atom stereocenters. The number of allylic oxidation sites excluding steroid dienone is 1. The summed E-state index contributed by atoms with van der Waals surface area (Å²) in [6.45, 7) is 1.71. The van der Waals surface area contributed by atoms with E-state index < -0.39 is 4.92 Å². The molecule has 0 bridgehead atoms. The Morgan fingerprint density at radius 2 is 2.04 bits per heavy atom. The van der Waals surface area contributed by atoms with Gasteiger partial charge in [-0.25, -0.2) is 5.43 Å². The van der Waals surface area contributed by atoms with Crippen molar-refractivity contribution in [2.75, 3.05) is 0 Å². The van der Waals surface area contributed by atoms with Gasteiger partial charge < -0.3 is 0 Å². The van der Waals surface area contributed by atoms with Gasteiger partial charge in [-0.15, -0.1) is 0 Å². The zero-order valence-electron chi connectivity index (χ0n) is 12.3. The Kier molecular flexibility index (Phi) is 5.30. The number of aromatic nitrogens is 1. The van der Waals surface area contributed by atoms with E-state index in [4.69, 9.17) is 0 Å². The zero-order valence-corrected chi connectivity index (χ0v) is 12.3. The number of nitrogens with zero attached hydrogens (tertiary/aromatic N) is 3. The van der Waals surface area contributed by atoms with E-state index in [1.165, 1.54) is 24.5 Å². The monoisotopic (exact) mass is 310 g/mol. The topological polar surface area (TPSA) is 97.5 Å². The summed E-state index contributed by atoms with van der Waals surface area (Å²) in [7, 11) is 0. The van der Waals surface area contributed by atoms with Crippen LogP contribution in [0.3, 0.4) is 0 Å². The fourth-order valence-corrected chi connectivity index (χ4v) is 1.70. The van der Waals surface area contributed by atoms with Crippen LogP contribution in [0.25, 0.3) is 6.08 Å². The molecule has 23 heavy (non-hydrogen) atoms. The molecule has 0 fully saturated rings. The van der Waals surface area contributed by atoms with Crippen molar-refractivity contribution in [1.82, 2.24) is 10.4 Å². The first kappa shape index (κ1) is 16.0. The second kappa shape index (κ2) is 7.60. The molecule has 1 N–H and O–H groups in total. The van der Waals surface area contributed by atoms with Crippen molar-refractivity contribution in [1.29, 1.82) is 0 Å². The number of nitro benzene ring substituents is 1. The lowest BCUT2D eigenvalue weighted by Crippen LogP contribution is -2.18. The molecule has 0 saturated carbocycles. The van der Waals surface area contributed by atoms with Crippen molar-refractivity contribution in [3.63, 3.8) is 0 Å². The first-order valence-corrected chi connectivity index (χ1v) is 6.73. The predicted octanol–water partition coefficient (Wildman–Crippen LogP) is 2.81. The molecule has 0 unspecified atom stereocenters. The van der Waals surface area contributed by atoms with Crippen LogP contribution in [-0.4, -0.2) is 21.5 Å². The molecule has 2 rings (SSSR count). The smallest absolute Gasteiger partial charge is 0.267 e. The van der Waals surface area contributed by atoms with Gasteiger partial charge >= 0.3 is 0 Å². The molecule has 7 nitrogen and oxygen atoms in total. The minimum absolute atomic E-state index is 0.0210. The van der Waals surface area contributed by atoms with Crippen LogP contribution in [0.1, 0.15) is 22.8 Å². The Balaban J connectivity index is 2.00. The number of benzene rings is 1. The Hall–Kier alpha value is -3.35. The number of rotatable bonds is 5. The van der Waals surface area contributed by atoms with Gasteiger partial charge in [-0.05, 0) is 30.7 Å². The summed E-state index contributed by atoms with van der Waals surface area (Å²) >= 11 is 0. The number of hydrazone groups is 1. The predicted molar refractivity (Wildman–Crippen MR) is 86.9 cm³/mol. The van der Waals surface area contributed by atoms with Crippen LogP contribution in [0.5, 0.6) is 0 Å². The number of hydrogen-bond donors (Lipinski definition) is 1. The van der Waals surface area contributed by atoms with E-state index in [0.717, 1.165) is 0 Å². The molecule has 1 aromatic carbocycles. The fourth-order valence-electron chi connectivity index (χ4n) is 1.70. The number of pyridine rings is 1. The highest BCUT2D eigenvalue weighted by Crippen LogP contribution is 2.14. The second-order valence-electron chi connectivity index (χ2n) is 4.62. The van der Waals surface area contributed by atoms with Gasteiger partial charge in [0, 0.05) is 30.1 Å². The molecule has 116 valence electrons. The summed E-state index contributed by atoms with van der Waals surface area (Å²) in [6, 6.07) is 9.40. The Morgan fingerprint density at radius 1 is 1.30 bits per heavy atom. The van der Waals surface area contributed by atoms with Gasteiger partial charge in [0.05, 0.1) is 10.6 Å². The lowest BCUT2D eigenvalue weighted by molar-refractivity contribution is -0.384. The maximum Gasteiger partial charge on any atom is 0.271 e. The van der Waals surface area contributed by atoms with Crippen LogP contribution >= 0.6 is 0 Å². The first-order chi connectivity index (χ1) is 11.1. The molecule has 0 aliphatic carbocycles. The molecular weight excluding hydrogens is 296 g/mol. The lowest BCUT2D eigenvalue weighted by atomic mass is 10.2. The molecule has 1 aromatic heterocycles. The van der Waals surface area contributed by atoms with E-state index in [-0.39, 0.29) is 11.6 Å². The van der Waals surface area contributed by atoms with Gasteiger partial charge in [0.25, 0.3) is 11.6 Å². The molecule has 0 spiro atoms. The van der Waals surface area contributed by atoms with E-state index in [0.29, 0.717) is 16.8 Å². The van der Waals surface area contributed by atoms with Crippen molar-refractivity contribution >= 4 is 23.4 Å². The molecule has 7 heteroatoms. The largest absolute Gasteiger partial charge is 0.271 e. The average molecular weight is 310 g/mol. The number of nitro groups is 1. The van der Waals surface area contributed by atoms with Crippen molar-refractivity contribution in [3.05, 3.63) is 76.1 Å². The Bertz CT molecular complexity index is 770. The third-order valence-corrected chi connectivity index (χ3v) is 2.87. The number of carbonyl (C=O) groups is 1. The fraction of sp³-hybridized carbons (Fsp3) is 0.0625. The van der Waals surface area contributed by atoms with Crippen LogP contribution in [0.4, 0.5) is 5.69 Å². The van der Waals surface area contributed by atoms with E-state index in [2.05, 4.69) is 15.5 Å². The van der Waals surface area contributed by atoms with Crippen LogP contribution < -0.4 is 5.43 Å². The normalized spacial score (nSPS) is 11.4. The molecule has 2 aromatic rings. The van der Waals surface area contributed by atoms with Gasteiger partial charge in [-0.1, -0.05) is 18.2 Å². The minimum atomic E-state index is -0.451. The van der Waals surface area contributed by atoms with Gasteiger partial charge in [0.1, 0.15) is 0 Å². The van der Waals surface area contributed by atoms with E-state index in [1.807, 2.05) is 0 Å².